The highest BCUT2D eigenvalue weighted by atomic mass is 16.5. The van der Waals surface area contributed by atoms with Gasteiger partial charge in [-0.1, -0.05) is 6.07 Å². The highest BCUT2D eigenvalue weighted by molar-refractivity contribution is 5.38. The Kier molecular flexibility index (Phi) is 4.02. The van der Waals surface area contributed by atoms with Crippen LogP contribution in [0.5, 0.6) is 11.5 Å². The minimum Gasteiger partial charge on any atom is -0.494 e. The maximum atomic E-state index is 5.74. The summed E-state index contributed by atoms with van der Waals surface area (Å²) in [5.74, 6) is 2.12. The monoisotopic (exact) mass is 244 g/mol. The Labute approximate surface area is 106 Å². The zero-order valence-electron chi connectivity index (χ0n) is 10.3. The number of ether oxygens (including phenoxy) is 2. The fourth-order valence-corrected chi connectivity index (χ4v) is 1.53. The molecular weight excluding hydrogens is 228 g/mol. The molecule has 0 unspecified atom stereocenters. The molecule has 2 rings (SSSR count). The van der Waals surface area contributed by atoms with E-state index in [0.717, 1.165) is 17.1 Å². The molecule has 2 aromatic rings. The molecule has 0 aliphatic heterocycles. The molecule has 0 saturated heterocycles. The molecule has 4 nitrogen and oxygen atoms in total. The zero-order chi connectivity index (χ0) is 12.8. The molecule has 0 aliphatic carbocycles. The number of hydrogen-bond donors (Lipinski definition) is 1. The summed E-state index contributed by atoms with van der Waals surface area (Å²) in [7, 11) is 0. The maximum absolute atomic E-state index is 5.74. The normalized spacial score (nSPS) is 10.1. The van der Waals surface area contributed by atoms with E-state index in [4.69, 9.17) is 15.2 Å². The first-order chi connectivity index (χ1) is 8.79. The Bertz CT molecular complexity index is 497. The second kappa shape index (κ2) is 5.91. The Morgan fingerprint density at radius 3 is 2.33 bits per heavy atom. The van der Waals surface area contributed by atoms with E-state index >= 15 is 0 Å². The minimum absolute atomic E-state index is 0.410. The third-order valence-electron chi connectivity index (χ3n) is 2.46. The SMILES string of the molecule is CCOc1ccc(OCc2cccnc2N)cc1. The standard InChI is InChI=1S/C14H16N2O2/c1-2-17-12-5-7-13(8-6-12)18-10-11-4-3-9-16-14(11)15/h3-9H,2,10H2,1H3,(H2,15,16). The lowest BCUT2D eigenvalue weighted by Gasteiger charge is -2.08. The number of anilines is 1. The highest BCUT2D eigenvalue weighted by Gasteiger charge is 2.01. The Hall–Kier alpha value is -2.23. The van der Waals surface area contributed by atoms with Gasteiger partial charge in [-0.3, -0.25) is 0 Å². The smallest absolute Gasteiger partial charge is 0.129 e. The molecule has 18 heavy (non-hydrogen) atoms. The molecule has 0 bridgehead atoms. The van der Waals surface area contributed by atoms with Crippen molar-refractivity contribution in [3.05, 3.63) is 48.2 Å². The van der Waals surface area contributed by atoms with Gasteiger partial charge in [0.25, 0.3) is 0 Å². The molecule has 0 saturated carbocycles. The Morgan fingerprint density at radius 2 is 1.72 bits per heavy atom. The average molecular weight is 244 g/mol. The average Bonchev–Trinajstić information content (AvgIpc) is 2.40. The predicted molar refractivity (Wildman–Crippen MR) is 70.6 cm³/mol. The van der Waals surface area contributed by atoms with Crippen molar-refractivity contribution < 1.29 is 9.47 Å². The number of pyridine rings is 1. The number of nitrogens with zero attached hydrogens (tertiary/aromatic N) is 1. The van der Waals surface area contributed by atoms with Gasteiger partial charge in [-0.25, -0.2) is 4.98 Å². The van der Waals surface area contributed by atoms with Crippen LogP contribution in [0.3, 0.4) is 0 Å². The zero-order valence-corrected chi connectivity index (χ0v) is 10.3. The molecule has 4 heteroatoms. The van der Waals surface area contributed by atoms with Crippen molar-refractivity contribution in [1.29, 1.82) is 0 Å². The lowest BCUT2D eigenvalue weighted by molar-refractivity contribution is 0.304. The van der Waals surface area contributed by atoms with Crippen molar-refractivity contribution in [2.24, 2.45) is 0 Å². The van der Waals surface area contributed by atoms with Crippen molar-refractivity contribution in [3.63, 3.8) is 0 Å². The molecule has 1 aromatic carbocycles. The van der Waals surface area contributed by atoms with Gasteiger partial charge < -0.3 is 15.2 Å². The Balaban J connectivity index is 1.96. The van der Waals surface area contributed by atoms with Gasteiger partial charge in [-0.15, -0.1) is 0 Å². The third kappa shape index (κ3) is 3.13. The van der Waals surface area contributed by atoms with Crippen molar-refractivity contribution in [2.75, 3.05) is 12.3 Å². The van der Waals surface area contributed by atoms with Crippen LogP contribution >= 0.6 is 0 Å². The molecule has 0 aliphatic rings. The summed E-state index contributed by atoms with van der Waals surface area (Å²) < 4.78 is 11.0. The fraction of sp³-hybridized carbons (Fsp3) is 0.214. The van der Waals surface area contributed by atoms with Crippen molar-refractivity contribution in [3.8, 4) is 11.5 Å². The first-order valence-electron chi connectivity index (χ1n) is 5.84. The van der Waals surface area contributed by atoms with E-state index in [2.05, 4.69) is 4.98 Å². The number of rotatable bonds is 5. The molecule has 2 N–H and O–H groups in total. The lowest BCUT2D eigenvalue weighted by atomic mass is 10.2. The van der Waals surface area contributed by atoms with Crippen molar-refractivity contribution in [1.82, 2.24) is 4.98 Å². The number of nitrogens with two attached hydrogens (primary N) is 1. The third-order valence-corrected chi connectivity index (χ3v) is 2.46. The fourth-order valence-electron chi connectivity index (χ4n) is 1.53. The number of aromatic nitrogens is 1. The van der Waals surface area contributed by atoms with E-state index in [-0.39, 0.29) is 0 Å². The second-order valence-corrected chi connectivity index (χ2v) is 3.74. The van der Waals surface area contributed by atoms with Crippen molar-refractivity contribution in [2.45, 2.75) is 13.5 Å². The van der Waals surface area contributed by atoms with Gasteiger partial charge in [0.1, 0.15) is 23.9 Å². The van der Waals surface area contributed by atoms with E-state index in [0.29, 0.717) is 19.0 Å². The van der Waals surface area contributed by atoms with Crippen LogP contribution in [0, 0.1) is 0 Å². The summed E-state index contributed by atoms with van der Waals surface area (Å²) in [5.41, 5.74) is 6.62. The van der Waals surface area contributed by atoms with Gasteiger partial charge >= 0.3 is 0 Å². The molecule has 0 radical (unpaired) electrons. The van der Waals surface area contributed by atoms with Gasteiger partial charge in [-0.2, -0.15) is 0 Å². The topological polar surface area (TPSA) is 57.4 Å². The van der Waals surface area contributed by atoms with Crippen LogP contribution in [0.1, 0.15) is 12.5 Å². The predicted octanol–water partition coefficient (Wildman–Crippen LogP) is 2.64. The largest absolute Gasteiger partial charge is 0.494 e. The molecule has 0 amide bonds. The van der Waals surface area contributed by atoms with E-state index < -0.39 is 0 Å². The summed E-state index contributed by atoms with van der Waals surface area (Å²) >= 11 is 0. The summed E-state index contributed by atoms with van der Waals surface area (Å²) in [5, 5.41) is 0. The van der Waals surface area contributed by atoms with Gasteiger partial charge in [0.2, 0.25) is 0 Å². The van der Waals surface area contributed by atoms with Gasteiger partial charge in [0.05, 0.1) is 6.61 Å². The number of benzene rings is 1. The van der Waals surface area contributed by atoms with Crippen LogP contribution in [0.15, 0.2) is 42.6 Å². The summed E-state index contributed by atoms with van der Waals surface area (Å²) in [6.07, 6.45) is 1.66. The number of nitrogen functional groups attached to an aromatic ring is 1. The molecule has 94 valence electrons. The van der Waals surface area contributed by atoms with E-state index in [1.54, 1.807) is 6.20 Å². The molecule has 0 fully saturated rings. The van der Waals surface area contributed by atoms with Crippen LogP contribution in [0.4, 0.5) is 5.82 Å². The quantitative estimate of drug-likeness (QED) is 0.878. The molecule has 1 heterocycles. The first kappa shape index (κ1) is 12.2. The number of hydrogen-bond acceptors (Lipinski definition) is 4. The van der Waals surface area contributed by atoms with Gasteiger partial charge in [0.15, 0.2) is 0 Å². The molecule has 1 aromatic heterocycles. The summed E-state index contributed by atoms with van der Waals surface area (Å²) in [6, 6.07) is 11.2. The Morgan fingerprint density at radius 1 is 1.06 bits per heavy atom. The van der Waals surface area contributed by atoms with E-state index in [1.807, 2.05) is 43.3 Å². The van der Waals surface area contributed by atoms with Crippen LogP contribution in [-0.4, -0.2) is 11.6 Å². The van der Waals surface area contributed by atoms with Gasteiger partial charge in [0, 0.05) is 11.8 Å². The summed E-state index contributed by atoms with van der Waals surface area (Å²) in [6.45, 7) is 3.02. The van der Waals surface area contributed by atoms with Gasteiger partial charge in [-0.05, 0) is 37.3 Å². The van der Waals surface area contributed by atoms with Crippen LogP contribution < -0.4 is 15.2 Å². The minimum atomic E-state index is 0.410. The molecule has 0 spiro atoms. The van der Waals surface area contributed by atoms with E-state index in [1.165, 1.54) is 0 Å². The maximum Gasteiger partial charge on any atom is 0.129 e. The van der Waals surface area contributed by atoms with Crippen LogP contribution in [0.25, 0.3) is 0 Å². The first-order valence-corrected chi connectivity index (χ1v) is 5.84. The van der Waals surface area contributed by atoms with Crippen LogP contribution in [0.2, 0.25) is 0 Å². The lowest BCUT2D eigenvalue weighted by Crippen LogP contribution is -2.01. The highest BCUT2D eigenvalue weighted by Crippen LogP contribution is 2.19. The molecular formula is C14H16N2O2. The van der Waals surface area contributed by atoms with E-state index in [9.17, 15) is 0 Å². The van der Waals surface area contributed by atoms with Crippen molar-refractivity contribution >= 4 is 5.82 Å². The summed E-state index contributed by atoms with van der Waals surface area (Å²) in [4.78, 5) is 4.01. The molecule has 0 atom stereocenters. The second-order valence-electron chi connectivity index (χ2n) is 3.74. The van der Waals surface area contributed by atoms with Crippen LogP contribution in [-0.2, 0) is 6.61 Å².